The van der Waals surface area contributed by atoms with Crippen molar-refractivity contribution in [3.05, 3.63) is 69.4 Å². The van der Waals surface area contributed by atoms with Crippen molar-refractivity contribution >= 4 is 28.8 Å². The molecule has 1 aromatic carbocycles. The second kappa shape index (κ2) is 11.7. The maximum Gasteiger partial charge on any atom is 0.258 e. The van der Waals surface area contributed by atoms with Crippen molar-refractivity contribution < 1.29 is 14.3 Å². The molecule has 6 nitrogen and oxygen atoms in total. The van der Waals surface area contributed by atoms with Crippen LogP contribution in [0.2, 0.25) is 4.34 Å². The highest BCUT2D eigenvalue weighted by molar-refractivity contribution is 7.15. The first-order chi connectivity index (χ1) is 16.2. The van der Waals surface area contributed by atoms with Crippen LogP contribution in [0.15, 0.2) is 48.1 Å². The van der Waals surface area contributed by atoms with E-state index in [9.17, 15) is 4.79 Å². The van der Waals surface area contributed by atoms with E-state index in [-0.39, 0.29) is 5.91 Å². The van der Waals surface area contributed by atoms with E-state index in [2.05, 4.69) is 27.9 Å². The molecule has 0 spiro atoms. The van der Waals surface area contributed by atoms with Gasteiger partial charge >= 0.3 is 0 Å². The third-order valence-electron chi connectivity index (χ3n) is 6.08. The number of rotatable bonds is 10. The van der Waals surface area contributed by atoms with E-state index in [1.807, 2.05) is 29.3 Å². The summed E-state index contributed by atoms with van der Waals surface area (Å²) < 4.78 is 13.9. The summed E-state index contributed by atoms with van der Waals surface area (Å²) in [4.78, 5) is 19.5. The van der Waals surface area contributed by atoms with Gasteiger partial charge in [-0.25, -0.2) is 4.98 Å². The minimum atomic E-state index is -0.00713. The van der Waals surface area contributed by atoms with Crippen LogP contribution < -0.4 is 4.74 Å². The maximum atomic E-state index is 12.9. The number of benzene rings is 1. The number of likely N-dealkylation sites (tertiary alicyclic amines) is 1. The van der Waals surface area contributed by atoms with E-state index in [0.29, 0.717) is 41.3 Å². The zero-order chi connectivity index (χ0) is 23.0. The molecule has 3 aromatic rings. The number of amides is 1. The van der Waals surface area contributed by atoms with E-state index in [0.717, 1.165) is 44.7 Å². The molecule has 33 heavy (non-hydrogen) atoms. The Kier molecular flexibility index (Phi) is 8.42. The summed E-state index contributed by atoms with van der Waals surface area (Å²) in [5, 5.41) is 1.78. The molecule has 0 saturated carbocycles. The van der Waals surface area contributed by atoms with E-state index >= 15 is 0 Å². The van der Waals surface area contributed by atoms with Crippen molar-refractivity contribution in [1.29, 1.82) is 0 Å². The Labute approximate surface area is 204 Å². The number of hydrogen-bond donors (Lipinski definition) is 0. The zero-order valence-corrected chi connectivity index (χ0v) is 20.5. The number of thiophene rings is 1. The molecule has 1 amide bonds. The highest BCUT2D eigenvalue weighted by atomic mass is 35.5. The predicted molar refractivity (Wildman–Crippen MR) is 131 cm³/mol. The van der Waals surface area contributed by atoms with Gasteiger partial charge in [0.2, 0.25) is 0 Å². The average Bonchev–Trinajstić information content (AvgIpc) is 3.47. The number of ether oxygens (including phenoxy) is 2. The molecule has 0 radical (unpaired) electrons. The van der Waals surface area contributed by atoms with Gasteiger partial charge in [-0.3, -0.25) is 4.79 Å². The molecule has 1 saturated heterocycles. The summed E-state index contributed by atoms with van der Waals surface area (Å²) in [6, 6.07) is 10.3. The number of aromatic nitrogens is 2. The maximum absolute atomic E-state index is 12.9. The van der Waals surface area contributed by atoms with Crippen LogP contribution >= 0.6 is 22.9 Å². The third kappa shape index (κ3) is 5.96. The molecule has 0 bridgehead atoms. The van der Waals surface area contributed by atoms with Crippen molar-refractivity contribution in [3.63, 3.8) is 0 Å². The highest BCUT2D eigenvalue weighted by Gasteiger charge is 2.29. The number of piperidine rings is 1. The summed E-state index contributed by atoms with van der Waals surface area (Å²) in [5.41, 5.74) is 1.77. The molecular formula is C25H30ClN3O3S. The summed E-state index contributed by atoms with van der Waals surface area (Å²) in [6.45, 7) is 3.78. The van der Waals surface area contributed by atoms with Crippen LogP contribution in [0.5, 0.6) is 5.75 Å². The number of nitrogens with zero attached hydrogens (tertiary/aromatic N) is 3. The van der Waals surface area contributed by atoms with Gasteiger partial charge < -0.3 is 18.9 Å². The zero-order valence-electron chi connectivity index (χ0n) is 18.9. The first-order valence-electron chi connectivity index (χ1n) is 11.4. The number of unbranched alkanes of at least 4 members (excludes halogenated alkanes) is 1. The van der Waals surface area contributed by atoms with Crippen molar-refractivity contribution in [2.75, 3.05) is 26.8 Å². The van der Waals surface area contributed by atoms with Crippen LogP contribution in [0.1, 0.15) is 53.3 Å². The van der Waals surface area contributed by atoms with Crippen LogP contribution in [0.4, 0.5) is 0 Å². The Bertz CT molecular complexity index is 1030. The summed E-state index contributed by atoms with van der Waals surface area (Å²) in [5.74, 6) is 1.97. The van der Waals surface area contributed by atoms with Gasteiger partial charge in [0.05, 0.1) is 19.3 Å². The Morgan fingerprint density at radius 2 is 2.00 bits per heavy atom. The standard InChI is InChI=1S/C25H30ClN3O3S/c1-31-22-21(18-33-23(22)26)25(30)29-13-9-20(10-14-29)24-27-11-15-28(24)12-5-6-16-32-17-19-7-3-2-4-8-19/h2-4,7-8,11,15,18,20H,5-6,9-10,12-14,16-17H2,1H3. The van der Waals surface area contributed by atoms with Crippen LogP contribution in [0.3, 0.4) is 0 Å². The van der Waals surface area contributed by atoms with E-state index in [1.54, 1.807) is 12.5 Å². The second-order valence-corrected chi connectivity index (χ2v) is 9.73. The van der Waals surface area contributed by atoms with Crippen molar-refractivity contribution in [1.82, 2.24) is 14.5 Å². The predicted octanol–water partition coefficient (Wildman–Crippen LogP) is 5.62. The lowest BCUT2D eigenvalue weighted by molar-refractivity contribution is 0.0707. The number of carbonyl (C=O) groups is 1. The molecule has 0 aliphatic carbocycles. The minimum absolute atomic E-state index is 0.00713. The molecule has 0 atom stereocenters. The first-order valence-corrected chi connectivity index (χ1v) is 12.7. The molecule has 4 rings (SSSR count). The van der Waals surface area contributed by atoms with Crippen molar-refractivity contribution in [2.24, 2.45) is 0 Å². The lowest BCUT2D eigenvalue weighted by Gasteiger charge is -2.32. The number of methoxy groups -OCH3 is 1. The van der Waals surface area contributed by atoms with Crippen molar-refractivity contribution in [2.45, 2.75) is 44.8 Å². The topological polar surface area (TPSA) is 56.6 Å². The van der Waals surface area contributed by atoms with Crippen LogP contribution in [-0.2, 0) is 17.9 Å². The Balaban J connectivity index is 1.22. The van der Waals surface area contributed by atoms with Gasteiger partial charge in [-0.05, 0) is 31.2 Å². The lowest BCUT2D eigenvalue weighted by Crippen LogP contribution is -2.38. The first kappa shape index (κ1) is 23.8. The highest BCUT2D eigenvalue weighted by Crippen LogP contribution is 2.36. The van der Waals surface area contributed by atoms with Gasteiger partial charge in [-0.2, -0.15) is 0 Å². The quantitative estimate of drug-likeness (QED) is 0.348. The molecule has 0 N–H and O–H groups in total. The number of carbonyl (C=O) groups excluding carboxylic acids is 1. The fourth-order valence-electron chi connectivity index (χ4n) is 4.29. The second-order valence-electron chi connectivity index (χ2n) is 8.25. The molecule has 0 unspecified atom stereocenters. The summed E-state index contributed by atoms with van der Waals surface area (Å²) >= 11 is 7.47. The number of aryl methyl sites for hydroxylation is 1. The summed E-state index contributed by atoms with van der Waals surface area (Å²) in [6.07, 6.45) is 7.83. The normalized spacial score (nSPS) is 14.5. The SMILES string of the molecule is COc1c(C(=O)N2CCC(c3nccn3CCCCOCc3ccccc3)CC2)csc1Cl. The monoisotopic (exact) mass is 487 g/mol. The molecule has 1 aliphatic heterocycles. The molecule has 2 aromatic heterocycles. The van der Waals surface area contributed by atoms with Gasteiger partial charge in [0.1, 0.15) is 10.2 Å². The van der Waals surface area contributed by atoms with E-state index in [4.69, 9.17) is 21.1 Å². The number of halogens is 1. The fraction of sp³-hybridized carbons (Fsp3) is 0.440. The van der Waals surface area contributed by atoms with E-state index in [1.165, 1.54) is 16.9 Å². The summed E-state index contributed by atoms with van der Waals surface area (Å²) in [7, 11) is 1.55. The van der Waals surface area contributed by atoms with Crippen LogP contribution in [0, 0.1) is 0 Å². The lowest BCUT2D eigenvalue weighted by atomic mass is 9.95. The van der Waals surface area contributed by atoms with Gasteiger partial charge in [-0.1, -0.05) is 41.9 Å². The Hall–Kier alpha value is -2.35. The molecule has 1 aliphatic rings. The molecule has 8 heteroatoms. The number of hydrogen-bond acceptors (Lipinski definition) is 5. The Morgan fingerprint density at radius 1 is 1.21 bits per heavy atom. The fourth-order valence-corrected chi connectivity index (χ4v) is 5.33. The van der Waals surface area contributed by atoms with Gasteiger partial charge in [0, 0.05) is 49.9 Å². The molecule has 176 valence electrons. The van der Waals surface area contributed by atoms with Gasteiger partial charge in [0.25, 0.3) is 5.91 Å². The van der Waals surface area contributed by atoms with Gasteiger partial charge in [-0.15, -0.1) is 11.3 Å². The van der Waals surface area contributed by atoms with Gasteiger partial charge in [0.15, 0.2) is 5.75 Å². The third-order valence-corrected chi connectivity index (χ3v) is 7.27. The molecule has 1 fully saturated rings. The minimum Gasteiger partial charge on any atom is -0.493 e. The molecular weight excluding hydrogens is 458 g/mol. The number of imidazole rings is 1. The van der Waals surface area contributed by atoms with Crippen molar-refractivity contribution in [3.8, 4) is 5.75 Å². The smallest absolute Gasteiger partial charge is 0.258 e. The Morgan fingerprint density at radius 3 is 2.76 bits per heavy atom. The van der Waals surface area contributed by atoms with Crippen LogP contribution in [-0.4, -0.2) is 47.2 Å². The average molecular weight is 488 g/mol. The largest absolute Gasteiger partial charge is 0.493 e. The van der Waals surface area contributed by atoms with Crippen LogP contribution in [0.25, 0.3) is 0 Å². The van der Waals surface area contributed by atoms with E-state index < -0.39 is 0 Å². The molecule has 3 heterocycles.